The zero-order valence-electron chi connectivity index (χ0n) is 7.71. The van der Waals surface area contributed by atoms with E-state index in [4.69, 9.17) is 5.73 Å². The maximum Gasteiger partial charge on any atom is 0.150 e. The van der Waals surface area contributed by atoms with Crippen LogP contribution < -0.4 is 5.73 Å². The molecule has 0 rings (SSSR count). The van der Waals surface area contributed by atoms with Crippen molar-refractivity contribution in [3.8, 4) is 0 Å². The van der Waals surface area contributed by atoms with Gasteiger partial charge in [-0.05, 0) is 33.6 Å². The first-order chi connectivity index (χ1) is 5.27. The molecular formula is C8H17NO2S. The van der Waals surface area contributed by atoms with E-state index in [1.807, 2.05) is 13.8 Å². The predicted octanol–water partition coefficient (Wildman–Crippen LogP) is 0.567. The van der Waals surface area contributed by atoms with Crippen molar-refractivity contribution < 1.29 is 8.42 Å². The van der Waals surface area contributed by atoms with Crippen LogP contribution in [0.25, 0.3) is 0 Å². The number of hydrogen-bond donors (Lipinski definition) is 1. The van der Waals surface area contributed by atoms with Gasteiger partial charge in [-0.25, -0.2) is 8.42 Å². The van der Waals surface area contributed by atoms with Gasteiger partial charge in [0.2, 0.25) is 0 Å². The summed E-state index contributed by atoms with van der Waals surface area (Å²) in [7, 11) is -2.96. The lowest BCUT2D eigenvalue weighted by molar-refractivity contribution is 0.496. The van der Waals surface area contributed by atoms with Crippen molar-refractivity contribution in [2.24, 2.45) is 5.73 Å². The van der Waals surface area contributed by atoms with E-state index < -0.39 is 15.4 Å². The third kappa shape index (κ3) is 6.61. The van der Waals surface area contributed by atoms with E-state index in [1.165, 1.54) is 6.42 Å². The first-order valence-electron chi connectivity index (χ1n) is 3.87. The molecule has 12 heavy (non-hydrogen) atoms. The summed E-state index contributed by atoms with van der Waals surface area (Å²) in [5.74, 6) is 0.186. The van der Waals surface area contributed by atoms with Crippen molar-refractivity contribution in [3.63, 3.8) is 0 Å². The van der Waals surface area contributed by atoms with Crippen LogP contribution in [0.3, 0.4) is 0 Å². The van der Waals surface area contributed by atoms with E-state index in [0.717, 1.165) is 0 Å². The number of rotatable bonds is 5. The van der Waals surface area contributed by atoms with Crippen molar-refractivity contribution >= 4 is 9.84 Å². The minimum Gasteiger partial charge on any atom is -0.326 e. The van der Waals surface area contributed by atoms with Crippen LogP contribution in [-0.2, 0) is 9.84 Å². The second-order valence-electron chi connectivity index (χ2n) is 3.64. The monoisotopic (exact) mass is 191 g/mol. The molecule has 0 saturated carbocycles. The van der Waals surface area contributed by atoms with Gasteiger partial charge in [-0.3, -0.25) is 0 Å². The minimum absolute atomic E-state index is 0.0447. The van der Waals surface area contributed by atoms with Gasteiger partial charge in [-0.1, -0.05) is 0 Å². The fraction of sp³-hybridized carbons (Fsp3) is 0.750. The van der Waals surface area contributed by atoms with Crippen LogP contribution in [0.15, 0.2) is 0 Å². The van der Waals surface area contributed by atoms with Gasteiger partial charge < -0.3 is 5.73 Å². The largest absolute Gasteiger partial charge is 0.326 e. The normalized spacial score (nSPS) is 13.3. The Morgan fingerprint density at radius 3 is 2.33 bits per heavy atom. The summed E-state index contributed by atoms with van der Waals surface area (Å²) in [4.78, 5) is 0. The summed E-state index contributed by atoms with van der Waals surface area (Å²) in [6, 6.07) is 0. The topological polar surface area (TPSA) is 60.2 Å². The molecule has 4 heteroatoms. The average Bonchev–Trinajstić information content (AvgIpc) is 1.83. The van der Waals surface area contributed by atoms with E-state index in [1.54, 1.807) is 0 Å². The predicted molar refractivity (Wildman–Crippen MR) is 51.2 cm³/mol. The molecule has 2 N–H and O–H groups in total. The molecule has 0 heterocycles. The second kappa shape index (κ2) is 4.23. The van der Waals surface area contributed by atoms with Crippen LogP contribution in [0.4, 0.5) is 0 Å². The third-order valence-corrected chi connectivity index (χ3v) is 3.00. The Labute approximate surface area is 75.3 Å². The second-order valence-corrected chi connectivity index (χ2v) is 5.87. The van der Waals surface area contributed by atoms with Gasteiger partial charge in [0.05, 0.1) is 11.5 Å². The van der Waals surface area contributed by atoms with E-state index in [2.05, 4.69) is 6.92 Å². The van der Waals surface area contributed by atoms with Crippen LogP contribution in [0.2, 0.25) is 0 Å². The first-order valence-corrected chi connectivity index (χ1v) is 5.69. The fourth-order valence-electron chi connectivity index (χ4n) is 0.681. The third-order valence-electron chi connectivity index (χ3n) is 1.43. The Hall–Kier alpha value is -0.0900. The quantitative estimate of drug-likeness (QED) is 0.691. The molecule has 0 aromatic heterocycles. The average molecular weight is 191 g/mol. The van der Waals surface area contributed by atoms with E-state index in [9.17, 15) is 8.42 Å². The molecule has 0 amide bonds. The molecule has 0 fully saturated rings. The fourth-order valence-corrected chi connectivity index (χ4v) is 2.04. The summed E-state index contributed by atoms with van der Waals surface area (Å²) >= 11 is 0. The molecular weight excluding hydrogens is 174 g/mol. The Kier molecular flexibility index (Phi) is 4.20. The minimum atomic E-state index is -2.96. The van der Waals surface area contributed by atoms with Crippen LogP contribution in [0.1, 0.15) is 20.3 Å². The van der Waals surface area contributed by atoms with Gasteiger partial charge in [0.25, 0.3) is 0 Å². The molecule has 0 aromatic carbocycles. The van der Waals surface area contributed by atoms with Gasteiger partial charge in [0.1, 0.15) is 0 Å². The van der Waals surface area contributed by atoms with Crippen LogP contribution in [-0.4, -0.2) is 25.5 Å². The maximum atomic E-state index is 11.2. The van der Waals surface area contributed by atoms with Crippen molar-refractivity contribution in [1.29, 1.82) is 0 Å². The Bertz CT molecular complexity index is 214. The molecule has 0 bridgehead atoms. The van der Waals surface area contributed by atoms with Gasteiger partial charge in [0, 0.05) is 5.54 Å². The lowest BCUT2D eigenvalue weighted by Crippen LogP contribution is -2.34. The van der Waals surface area contributed by atoms with Gasteiger partial charge in [-0.2, -0.15) is 0 Å². The lowest BCUT2D eigenvalue weighted by Gasteiger charge is -2.17. The van der Waals surface area contributed by atoms with Crippen LogP contribution in [0.5, 0.6) is 0 Å². The Balaban J connectivity index is 3.94. The molecule has 0 unspecified atom stereocenters. The van der Waals surface area contributed by atoms with Crippen molar-refractivity contribution in [2.45, 2.75) is 25.8 Å². The van der Waals surface area contributed by atoms with Crippen LogP contribution in [0, 0.1) is 13.3 Å². The van der Waals surface area contributed by atoms with Gasteiger partial charge >= 0.3 is 0 Å². The highest BCUT2D eigenvalue weighted by Crippen LogP contribution is 2.06. The van der Waals surface area contributed by atoms with Crippen molar-refractivity contribution in [3.05, 3.63) is 13.3 Å². The zero-order chi connectivity index (χ0) is 9.83. The molecule has 0 aliphatic rings. The highest BCUT2D eigenvalue weighted by Gasteiger charge is 2.16. The number of hydrogen-bond acceptors (Lipinski definition) is 3. The molecule has 0 saturated heterocycles. The maximum absolute atomic E-state index is 11.2. The van der Waals surface area contributed by atoms with Crippen molar-refractivity contribution in [2.75, 3.05) is 11.5 Å². The highest BCUT2D eigenvalue weighted by atomic mass is 32.2. The highest BCUT2D eigenvalue weighted by molar-refractivity contribution is 7.91. The van der Waals surface area contributed by atoms with E-state index in [0.29, 0.717) is 6.42 Å². The standard InChI is InChI=1S/C8H17NO2S/c1-4-6-12(10,11)7-5-8(2,3)9/h4H,1,5-7,9H2,2-3H3. The first kappa shape index (κ1) is 11.9. The summed E-state index contributed by atoms with van der Waals surface area (Å²) in [6.07, 6.45) is 1.89. The summed E-state index contributed by atoms with van der Waals surface area (Å²) < 4.78 is 22.3. The van der Waals surface area contributed by atoms with E-state index in [-0.39, 0.29) is 11.5 Å². The molecule has 0 spiro atoms. The molecule has 0 atom stereocenters. The number of nitrogens with two attached hydrogens (primary N) is 1. The summed E-state index contributed by atoms with van der Waals surface area (Å²) in [6.45, 7) is 7.01. The Morgan fingerprint density at radius 2 is 2.00 bits per heavy atom. The summed E-state index contributed by atoms with van der Waals surface area (Å²) in [5, 5.41) is 0. The molecule has 3 nitrogen and oxygen atoms in total. The molecule has 0 aliphatic heterocycles. The summed E-state index contributed by atoms with van der Waals surface area (Å²) in [5.41, 5.74) is 5.24. The molecule has 0 aromatic rings. The van der Waals surface area contributed by atoms with Crippen LogP contribution >= 0.6 is 0 Å². The molecule has 72 valence electrons. The van der Waals surface area contributed by atoms with E-state index >= 15 is 0 Å². The smallest absolute Gasteiger partial charge is 0.150 e. The van der Waals surface area contributed by atoms with Crippen molar-refractivity contribution in [1.82, 2.24) is 0 Å². The molecule has 0 aliphatic carbocycles. The number of sulfone groups is 1. The SMILES string of the molecule is [CH2][CH]CS(=O)(=O)CCC(C)(C)N. The zero-order valence-corrected chi connectivity index (χ0v) is 8.52. The lowest BCUT2D eigenvalue weighted by atomic mass is 10.0. The Morgan fingerprint density at radius 1 is 1.50 bits per heavy atom. The van der Waals surface area contributed by atoms with Gasteiger partial charge in [0.15, 0.2) is 9.84 Å². The van der Waals surface area contributed by atoms with Gasteiger partial charge in [-0.15, -0.1) is 0 Å². The molecule has 2 radical (unpaired) electrons.